The maximum atomic E-state index is 13.6. The minimum atomic E-state index is -0.307. The monoisotopic (exact) mass is 314 g/mol. The first-order valence-electron chi connectivity index (χ1n) is 7.48. The number of amides is 2. The van der Waals surface area contributed by atoms with Crippen LogP contribution in [-0.4, -0.2) is 38.2 Å². The molecular weight excluding hydrogens is 295 g/mol. The number of rotatable bonds is 3. The van der Waals surface area contributed by atoms with Crippen LogP contribution < -0.4 is 9.64 Å². The van der Waals surface area contributed by atoms with Crippen molar-refractivity contribution in [3.05, 3.63) is 47.8 Å². The molecule has 0 bridgehead atoms. The highest BCUT2D eigenvalue weighted by molar-refractivity contribution is 5.95. The number of halogens is 1. The number of aryl methyl sites for hydroxylation is 1. The van der Waals surface area contributed by atoms with Gasteiger partial charge in [-0.1, -0.05) is 6.07 Å². The summed E-state index contributed by atoms with van der Waals surface area (Å²) in [6.45, 7) is 3.35. The van der Waals surface area contributed by atoms with E-state index in [0.29, 0.717) is 17.9 Å². The molecule has 0 unspecified atom stereocenters. The van der Waals surface area contributed by atoms with Crippen LogP contribution in [0.25, 0.3) is 11.1 Å². The average Bonchev–Trinajstić information content (AvgIpc) is 2.87. The Bertz CT molecular complexity index is 761. The number of urea groups is 1. The van der Waals surface area contributed by atoms with Crippen molar-refractivity contribution in [2.45, 2.75) is 6.92 Å². The van der Waals surface area contributed by atoms with Crippen LogP contribution in [0.4, 0.5) is 14.9 Å². The van der Waals surface area contributed by atoms with Gasteiger partial charge in [-0.15, -0.1) is 0 Å². The van der Waals surface area contributed by atoms with Crippen molar-refractivity contribution in [3.63, 3.8) is 0 Å². The topological polar surface area (TPSA) is 32.8 Å². The molecule has 0 radical (unpaired) electrons. The standard InChI is InChI=1S/C18H19FN2O2/c1-12-10-13(15-11-14(19)5-7-17(15)23-3)4-6-16(12)21-9-8-20(2)18(21)22/h4-7,10-11H,8-9H2,1-3H3. The van der Waals surface area contributed by atoms with E-state index in [9.17, 15) is 9.18 Å². The molecule has 0 saturated carbocycles. The van der Waals surface area contributed by atoms with Crippen molar-refractivity contribution in [1.82, 2.24) is 4.90 Å². The second-order valence-corrected chi connectivity index (χ2v) is 5.70. The summed E-state index contributed by atoms with van der Waals surface area (Å²) in [6, 6.07) is 10.2. The quantitative estimate of drug-likeness (QED) is 0.866. The molecule has 3 rings (SSSR count). The Morgan fingerprint density at radius 3 is 2.52 bits per heavy atom. The zero-order valence-electron chi connectivity index (χ0n) is 13.5. The summed E-state index contributed by atoms with van der Waals surface area (Å²) in [7, 11) is 3.36. The molecule has 23 heavy (non-hydrogen) atoms. The van der Waals surface area contributed by atoms with Gasteiger partial charge < -0.3 is 9.64 Å². The van der Waals surface area contributed by atoms with Crippen LogP contribution in [-0.2, 0) is 0 Å². The molecule has 4 nitrogen and oxygen atoms in total. The summed E-state index contributed by atoms with van der Waals surface area (Å²) in [5, 5.41) is 0. The first-order valence-corrected chi connectivity index (χ1v) is 7.48. The molecule has 2 aromatic carbocycles. The molecular formula is C18H19FN2O2. The number of ether oxygens (including phenoxy) is 1. The van der Waals surface area contributed by atoms with Gasteiger partial charge in [-0.25, -0.2) is 9.18 Å². The molecule has 0 N–H and O–H groups in total. The second kappa shape index (κ2) is 5.91. The lowest BCUT2D eigenvalue weighted by Crippen LogP contribution is -2.29. The number of benzene rings is 2. The van der Waals surface area contributed by atoms with Gasteiger partial charge in [0, 0.05) is 31.4 Å². The van der Waals surface area contributed by atoms with Gasteiger partial charge in [-0.3, -0.25) is 4.90 Å². The van der Waals surface area contributed by atoms with E-state index >= 15 is 0 Å². The number of nitrogens with zero attached hydrogens (tertiary/aromatic N) is 2. The fraction of sp³-hybridized carbons (Fsp3) is 0.278. The highest BCUT2D eigenvalue weighted by Crippen LogP contribution is 2.34. The Balaban J connectivity index is 2.00. The Morgan fingerprint density at radius 1 is 1.13 bits per heavy atom. The summed E-state index contributed by atoms with van der Waals surface area (Å²) in [4.78, 5) is 15.6. The fourth-order valence-corrected chi connectivity index (χ4v) is 2.90. The van der Waals surface area contributed by atoms with Crippen LogP contribution in [0.2, 0.25) is 0 Å². The van der Waals surface area contributed by atoms with Gasteiger partial charge in [-0.2, -0.15) is 0 Å². The molecule has 0 aromatic heterocycles. The van der Waals surface area contributed by atoms with Crippen molar-refractivity contribution < 1.29 is 13.9 Å². The van der Waals surface area contributed by atoms with E-state index in [2.05, 4.69) is 0 Å². The molecule has 0 spiro atoms. The number of carbonyl (C=O) groups excluding carboxylic acids is 1. The van der Waals surface area contributed by atoms with Gasteiger partial charge in [0.05, 0.1) is 7.11 Å². The van der Waals surface area contributed by atoms with Crippen LogP contribution in [0.1, 0.15) is 5.56 Å². The lowest BCUT2D eigenvalue weighted by Gasteiger charge is -2.19. The summed E-state index contributed by atoms with van der Waals surface area (Å²) in [5.74, 6) is 0.314. The number of hydrogen-bond donors (Lipinski definition) is 0. The number of methoxy groups -OCH3 is 1. The first kappa shape index (κ1) is 15.3. The smallest absolute Gasteiger partial charge is 0.324 e. The summed E-state index contributed by atoms with van der Waals surface area (Å²) in [5.41, 5.74) is 3.42. The minimum absolute atomic E-state index is 0.00388. The van der Waals surface area contributed by atoms with Gasteiger partial charge in [0.15, 0.2) is 0 Å². The maximum absolute atomic E-state index is 13.6. The molecule has 1 heterocycles. The van der Waals surface area contributed by atoms with E-state index in [-0.39, 0.29) is 11.8 Å². The Labute approximate surface area is 135 Å². The predicted molar refractivity (Wildman–Crippen MR) is 88.5 cm³/mol. The van der Waals surface area contributed by atoms with Crippen LogP contribution in [0.5, 0.6) is 5.75 Å². The molecule has 0 atom stereocenters. The van der Waals surface area contributed by atoms with Gasteiger partial charge in [0.2, 0.25) is 0 Å². The van der Waals surface area contributed by atoms with E-state index in [1.165, 1.54) is 12.1 Å². The van der Waals surface area contributed by atoms with Crippen LogP contribution >= 0.6 is 0 Å². The van der Waals surface area contributed by atoms with Crippen LogP contribution in [0.3, 0.4) is 0 Å². The minimum Gasteiger partial charge on any atom is -0.496 e. The number of carbonyl (C=O) groups is 1. The lowest BCUT2D eigenvalue weighted by molar-refractivity contribution is 0.229. The van der Waals surface area contributed by atoms with Gasteiger partial charge in [0.25, 0.3) is 0 Å². The third-order valence-electron chi connectivity index (χ3n) is 4.18. The molecule has 1 saturated heterocycles. The summed E-state index contributed by atoms with van der Waals surface area (Å²) >= 11 is 0. The maximum Gasteiger partial charge on any atom is 0.324 e. The largest absolute Gasteiger partial charge is 0.496 e. The molecule has 1 aliphatic rings. The average molecular weight is 314 g/mol. The third kappa shape index (κ3) is 2.74. The Kier molecular flexibility index (Phi) is 3.94. The van der Waals surface area contributed by atoms with E-state index < -0.39 is 0 Å². The Morgan fingerprint density at radius 2 is 1.91 bits per heavy atom. The van der Waals surface area contributed by atoms with Crippen molar-refractivity contribution in [1.29, 1.82) is 0 Å². The van der Waals surface area contributed by atoms with Crippen LogP contribution in [0, 0.1) is 12.7 Å². The van der Waals surface area contributed by atoms with Crippen molar-refractivity contribution >= 4 is 11.7 Å². The van der Waals surface area contributed by atoms with E-state index in [0.717, 1.165) is 23.4 Å². The zero-order valence-corrected chi connectivity index (χ0v) is 13.5. The Hall–Kier alpha value is -2.56. The predicted octanol–water partition coefficient (Wildman–Crippen LogP) is 3.68. The summed E-state index contributed by atoms with van der Waals surface area (Å²) in [6.07, 6.45) is 0. The molecule has 120 valence electrons. The lowest BCUT2D eigenvalue weighted by atomic mass is 10.0. The number of anilines is 1. The van der Waals surface area contributed by atoms with E-state index in [1.54, 1.807) is 30.0 Å². The molecule has 2 amide bonds. The van der Waals surface area contributed by atoms with Crippen LogP contribution in [0.15, 0.2) is 36.4 Å². The van der Waals surface area contributed by atoms with Crippen molar-refractivity contribution in [2.75, 3.05) is 32.1 Å². The molecule has 1 aliphatic heterocycles. The molecule has 5 heteroatoms. The number of likely N-dealkylation sites (N-methyl/N-ethyl adjacent to an activating group) is 1. The normalized spacial score (nSPS) is 14.5. The summed E-state index contributed by atoms with van der Waals surface area (Å²) < 4.78 is 18.9. The fourth-order valence-electron chi connectivity index (χ4n) is 2.90. The molecule has 1 fully saturated rings. The number of hydrogen-bond acceptors (Lipinski definition) is 2. The highest BCUT2D eigenvalue weighted by Gasteiger charge is 2.27. The van der Waals surface area contributed by atoms with E-state index in [4.69, 9.17) is 4.74 Å². The zero-order chi connectivity index (χ0) is 16.6. The first-order chi connectivity index (χ1) is 11.0. The third-order valence-corrected chi connectivity index (χ3v) is 4.18. The van der Waals surface area contributed by atoms with Gasteiger partial charge in [0.1, 0.15) is 11.6 Å². The molecule has 2 aromatic rings. The highest BCUT2D eigenvalue weighted by atomic mass is 19.1. The van der Waals surface area contributed by atoms with Crippen molar-refractivity contribution in [3.8, 4) is 16.9 Å². The van der Waals surface area contributed by atoms with Gasteiger partial charge >= 0.3 is 6.03 Å². The molecule has 0 aliphatic carbocycles. The van der Waals surface area contributed by atoms with E-state index in [1.807, 2.05) is 25.1 Å². The SMILES string of the molecule is COc1ccc(F)cc1-c1ccc(N2CCN(C)C2=O)c(C)c1. The second-order valence-electron chi connectivity index (χ2n) is 5.70. The van der Waals surface area contributed by atoms with Gasteiger partial charge in [-0.05, 0) is 48.4 Å². The van der Waals surface area contributed by atoms with Crippen molar-refractivity contribution in [2.24, 2.45) is 0 Å².